The van der Waals surface area contributed by atoms with Gasteiger partial charge in [0.05, 0.1) is 0 Å². The first-order valence-electron chi connectivity index (χ1n) is 4.10. The maximum atomic E-state index is 3.74. The molecule has 0 saturated carbocycles. The zero-order chi connectivity index (χ0) is 8.85. The van der Waals surface area contributed by atoms with Gasteiger partial charge in [-0.2, -0.15) is 0 Å². The Kier molecular flexibility index (Phi) is 4.60. The fourth-order valence-electron chi connectivity index (χ4n) is 0.923. The van der Waals surface area contributed by atoms with Crippen molar-refractivity contribution >= 4 is 0 Å². The van der Waals surface area contributed by atoms with E-state index in [1.807, 2.05) is 6.08 Å². The SMILES string of the molecule is C=C/C(C)=C(C)\C(C)=C/CC. The Hall–Kier alpha value is -0.780. The predicted octanol–water partition coefficient (Wildman–Crippen LogP) is 3.87. The molecule has 11 heavy (non-hydrogen) atoms. The highest BCUT2D eigenvalue weighted by Crippen LogP contribution is 2.14. The summed E-state index contributed by atoms with van der Waals surface area (Å²) in [4.78, 5) is 0. The van der Waals surface area contributed by atoms with Crippen molar-refractivity contribution in [2.45, 2.75) is 34.1 Å². The molecule has 0 saturated heterocycles. The Bertz CT molecular complexity index is 192. The largest absolute Gasteiger partial charge is 0.0988 e. The second kappa shape index (κ2) is 4.95. The summed E-state index contributed by atoms with van der Waals surface area (Å²) in [6.45, 7) is 12.3. The Balaban J connectivity index is 4.59. The lowest BCUT2D eigenvalue weighted by molar-refractivity contribution is 1.16. The van der Waals surface area contributed by atoms with E-state index in [4.69, 9.17) is 0 Å². The van der Waals surface area contributed by atoms with Crippen molar-refractivity contribution in [3.8, 4) is 0 Å². The predicted molar refractivity (Wildman–Crippen MR) is 52.6 cm³/mol. The number of hydrogen-bond donors (Lipinski definition) is 0. The second-order valence-corrected chi connectivity index (χ2v) is 2.81. The highest BCUT2D eigenvalue weighted by molar-refractivity contribution is 5.35. The molecular weight excluding hydrogens is 132 g/mol. The Morgan fingerprint density at radius 2 is 1.82 bits per heavy atom. The van der Waals surface area contributed by atoms with Crippen LogP contribution in [0.2, 0.25) is 0 Å². The van der Waals surface area contributed by atoms with E-state index in [-0.39, 0.29) is 0 Å². The molecule has 0 aromatic rings. The summed E-state index contributed by atoms with van der Waals surface area (Å²) in [6, 6.07) is 0. The lowest BCUT2D eigenvalue weighted by Crippen LogP contribution is -1.83. The van der Waals surface area contributed by atoms with Gasteiger partial charge >= 0.3 is 0 Å². The van der Waals surface area contributed by atoms with Gasteiger partial charge in [0.2, 0.25) is 0 Å². The number of rotatable bonds is 3. The molecule has 0 fully saturated rings. The summed E-state index contributed by atoms with van der Waals surface area (Å²) in [7, 11) is 0. The molecule has 0 bridgehead atoms. The third kappa shape index (κ3) is 3.22. The van der Waals surface area contributed by atoms with Crippen LogP contribution in [-0.2, 0) is 0 Å². The average molecular weight is 150 g/mol. The minimum atomic E-state index is 1.10. The molecule has 0 aliphatic heterocycles. The van der Waals surface area contributed by atoms with E-state index in [2.05, 4.69) is 40.3 Å². The zero-order valence-electron chi connectivity index (χ0n) is 8.07. The molecule has 0 aromatic heterocycles. The van der Waals surface area contributed by atoms with Crippen LogP contribution >= 0.6 is 0 Å². The highest BCUT2D eigenvalue weighted by Gasteiger charge is 1.94. The first-order valence-corrected chi connectivity index (χ1v) is 4.10. The topological polar surface area (TPSA) is 0 Å². The van der Waals surface area contributed by atoms with Gasteiger partial charge < -0.3 is 0 Å². The van der Waals surface area contributed by atoms with Crippen LogP contribution in [-0.4, -0.2) is 0 Å². The summed E-state index contributed by atoms with van der Waals surface area (Å²) in [5.74, 6) is 0. The van der Waals surface area contributed by atoms with Crippen LogP contribution in [0.15, 0.2) is 35.5 Å². The third-order valence-corrected chi connectivity index (χ3v) is 2.00. The van der Waals surface area contributed by atoms with E-state index in [1.165, 1.54) is 16.7 Å². The van der Waals surface area contributed by atoms with Gasteiger partial charge in [-0.3, -0.25) is 0 Å². The van der Waals surface area contributed by atoms with Gasteiger partial charge in [0.25, 0.3) is 0 Å². The fraction of sp³-hybridized carbons (Fsp3) is 0.455. The molecule has 0 radical (unpaired) electrons. The lowest BCUT2D eigenvalue weighted by atomic mass is 10.0. The molecule has 0 N–H and O–H groups in total. The van der Waals surface area contributed by atoms with Crippen molar-refractivity contribution < 1.29 is 0 Å². The molecule has 0 aliphatic rings. The Labute approximate surface area is 70.3 Å². The second-order valence-electron chi connectivity index (χ2n) is 2.81. The molecule has 0 aromatic carbocycles. The van der Waals surface area contributed by atoms with E-state index in [1.54, 1.807) is 0 Å². The molecule has 0 atom stereocenters. The fourth-order valence-corrected chi connectivity index (χ4v) is 0.923. The van der Waals surface area contributed by atoms with E-state index in [0.29, 0.717) is 0 Å². The van der Waals surface area contributed by atoms with Crippen molar-refractivity contribution in [2.75, 3.05) is 0 Å². The molecule has 0 unspecified atom stereocenters. The first kappa shape index (κ1) is 10.2. The first-order chi connectivity index (χ1) is 5.13. The summed E-state index contributed by atoms with van der Waals surface area (Å²) in [6.07, 6.45) is 5.25. The molecule has 0 spiro atoms. The van der Waals surface area contributed by atoms with Gasteiger partial charge in [0.1, 0.15) is 0 Å². The Morgan fingerprint density at radius 3 is 2.18 bits per heavy atom. The average Bonchev–Trinajstić information content (AvgIpc) is 2.02. The van der Waals surface area contributed by atoms with Crippen molar-refractivity contribution in [3.63, 3.8) is 0 Å². The van der Waals surface area contributed by atoms with Gasteiger partial charge in [-0.25, -0.2) is 0 Å². The van der Waals surface area contributed by atoms with E-state index < -0.39 is 0 Å². The smallest absolute Gasteiger partial charge is 0.0373 e. The van der Waals surface area contributed by atoms with Crippen LogP contribution in [0.4, 0.5) is 0 Å². The van der Waals surface area contributed by atoms with Gasteiger partial charge in [-0.05, 0) is 38.3 Å². The number of allylic oxidation sites excluding steroid dienone is 5. The molecule has 0 amide bonds. The molecular formula is C11H18. The molecule has 62 valence electrons. The lowest BCUT2D eigenvalue weighted by Gasteiger charge is -2.03. The quantitative estimate of drug-likeness (QED) is 0.536. The summed E-state index contributed by atoms with van der Waals surface area (Å²) in [5.41, 5.74) is 3.99. The van der Waals surface area contributed by atoms with Gasteiger partial charge in [0, 0.05) is 0 Å². The van der Waals surface area contributed by atoms with Crippen LogP contribution in [0.3, 0.4) is 0 Å². The maximum absolute atomic E-state index is 3.74. The van der Waals surface area contributed by atoms with Crippen molar-refractivity contribution in [1.82, 2.24) is 0 Å². The maximum Gasteiger partial charge on any atom is -0.0373 e. The van der Waals surface area contributed by atoms with E-state index >= 15 is 0 Å². The summed E-state index contributed by atoms with van der Waals surface area (Å²) >= 11 is 0. The van der Waals surface area contributed by atoms with Crippen molar-refractivity contribution in [3.05, 3.63) is 35.5 Å². The third-order valence-electron chi connectivity index (χ3n) is 2.00. The number of hydrogen-bond acceptors (Lipinski definition) is 0. The van der Waals surface area contributed by atoms with Gasteiger partial charge in [0.15, 0.2) is 0 Å². The van der Waals surface area contributed by atoms with Crippen LogP contribution < -0.4 is 0 Å². The van der Waals surface area contributed by atoms with Crippen LogP contribution in [0.5, 0.6) is 0 Å². The normalized spacial score (nSPS) is 14.4. The zero-order valence-corrected chi connectivity index (χ0v) is 8.07. The van der Waals surface area contributed by atoms with Crippen LogP contribution in [0, 0.1) is 0 Å². The summed E-state index contributed by atoms with van der Waals surface area (Å²) in [5, 5.41) is 0. The molecule has 0 nitrogen and oxygen atoms in total. The Morgan fingerprint density at radius 1 is 1.27 bits per heavy atom. The van der Waals surface area contributed by atoms with Gasteiger partial charge in [-0.15, -0.1) is 0 Å². The van der Waals surface area contributed by atoms with Crippen LogP contribution in [0.1, 0.15) is 34.1 Å². The highest BCUT2D eigenvalue weighted by atomic mass is 14.0. The summed E-state index contributed by atoms with van der Waals surface area (Å²) < 4.78 is 0. The van der Waals surface area contributed by atoms with E-state index in [0.717, 1.165) is 6.42 Å². The van der Waals surface area contributed by atoms with Crippen molar-refractivity contribution in [2.24, 2.45) is 0 Å². The van der Waals surface area contributed by atoms with E-state index in [9.17, 15) is 0 Å². The standard InChI is InChI=1S/C11H18/c1-6-8-10(4)11(5)9(3)7-2/h7-8H,2,6H2,1,3-5H3/b10-8-,11-9-. The van der Waals surface area contributed by atoms with Crippen molar-refractivity contribution in [1.29, 1.82) is 0 Å². The minimum Gasteiger partial charge on any atom is -0.0988 e. The van der Waals surface area contributed by atoms with Gasteiger partial charge in [-0.1, -0.05) is 31.2 Å². The minimum absolute atomic E-state index is 1.10. The monoisotopic (exact) mass is 150 g/mol. The molecule has 0 heteroatoms. The molecule has 0 aliphatic carbocycles. The van der Waals surface area contributed by atoms with Crippen LogP contribution in [0.25, 0.3) is 0 Å². The molecule has 0 heterocycles. The molecule has 0 rings (SSSR count).